The first kappa shape index (κ1) is 16.0. The van der Waals surface area contributed by atoms with Crippen molar-refractivity contribution in [1.29, 1.82) is 0 Å². The standard InChI is InChI=1S/C15H16ClN3O3/c1-9-4-7-14(20)19(18-9)10(2)15(21)17-12-8-11(16)5-6-13(12)22-3/h4-8,10H,1-3H3,(H,17,21)/t10-/m0/s1. The van der Waals surface area contributed by atoms with Crippen LogP contribution in [0.4, 0.5) is 5.69 Å². The maximum absolute atomic E-state index is 12.3. The third-order valence-electron chi connectivity index (χ3n) is 3.12. The van der Waals surface area contributed by atoms with Gasteiger partial charge in [-0.15, -0.1) is 0 Å². The zero-order chi connectivity index (χ0) is 16.3. The van der Waals surface area contributed by atoms with Gasteiger partial charge in [-0.05, 0) is 38.1 Å². The normalized spacial score (nSPS) is 11.8. The average Bonchev–Trinajstić information content (AvgIpc) is 2.49. The van der Waals surface area contributed by atoms with Crippen molar-refractivity contribution < 1.29 is 9.53 Å². The molecule has 0 bridgehead atoms. The summed E-state index contributed by atoms with van der Waals surface area (Å²) in [6.07, 6.45) is 0. The number of aryl methyl sites for hydroxylation is 1. The third kappa shape index (κ3) is 3.46. The number of amides is 1. The van der Waals surface area contributed by atoms with Gasteiger partial charge >= 0.3 is 0 Å². The quantitative estimate of drug-likeness (QED) is 0.938. The molecule has 6 nitrogen and oxygen atoms in total. The summed E-state index contributed by atoms with van der Waals surface area (Å²) in [5.41, 5.74) is 0.749. The first-order valence-electron chi connectivity index (χ1n) is 6.63. The zero-order valence-corrected chi connectivity index (χ0v) is 13.2. The molecular weight excluding hydrogens is 306 g/mol. The lowest BCUT2D eigenvalue weighted by Gasteiger charge is -2.16. The molecule has 1 atom stereocenters. The van der Waals surface area contributed by atoms with Gasteiger partial charge < -0.3 is 10.1 Å². The highest BCUT2D eigenvalue weighted by Crippen LogP contribution is 2.28. The van der Waals surface area contributed by atoms with Crippen molar-refractivity contribution in [3.05, 3.63) is 51.4 Å². The molecule has 0 aliphatic carbocycles. The van der Waals surface area contributed by atoms with E-state index in [-0.39, 0.29) is 11.5 Å². The van der Waals surface area contributed by atoms with E-state index in [1.807, 2.05) is 0 Å². The molecule has 1 amide bonds. The average molecular weight is 322 g/mol. The smallest absolute Gasteiger partial charge is 0.267 e. The van der Waals surface area contributed by atoms with Crippen LogP contribution in [0.3, 0.4) is 0 Å². The molecule has 1 heterocycles. The van der Waals surface area contributed by atoms with Crippen LogP contribution in [-0.4, -0.2) is 22.8 Å². The fraction of sp³-hybridized carbons (Fsp3) is 0.267. The largest absolute Gasteiger partial charge is 0.495 e. The zero-order valence-electron chi connectivity index (χ0n) is 12.5. The molecule has 0 aliphatic heterocycles. The number of methoxy groups -OCH3 is 1. The van der Waals surface area contributed by atoms with Crippen LogP contribution in [0.1, 0.15) is 18.7 Å². The van der Waals surface area contributed by atoms with Crippen LogP contribution in [-0.2, 0) is 4.79 Å². The molecule has 2 rings (SSSR count). The Labute approximate surface area is 132 Å². The maximum atomic E-state index is 12.3. The summed E-state index contributed by atoms with van der Waals surface area (Å²) < 4.78 is 6.31. The molecule has 1 N–H and O–H groups in total. The van der Waals surface area contributed by atoms with Gasteiger partial charge in [0.25, 0.3) is 5.56 Å². The Morgan fingerprint density at radius 2 is 2.09 bits per heavy atom. The van der Waals surface area contributed by atoms with Crippen LogP contribution < -0.4 is 15.6 Å². The van der Waals surface area contributed by atoms with Crippen molar-refractivity contribution >= 4 is 23.2 Å². The van der Waals surface area contributed by atoms with Crippen LogP contribution in [0, 0.1) is 6.92 Å². The Bertz CT molecular complexity index is 758. The van der Waals surface area contributed by atoms with E-state index in [0.29, 0.717) is 22.2 Å². The van der Waals surface area contributed by atoms with E-state index in [1.165, 1.54) is 13.2 Å². The Morgan fingerprint density at radius 1 is 1.36 bits per heavy atom. The third-order valence-corrected chi connectivity index (χ3v) is 3.36. The second-order valence-electron chi connectivity index (χ2n) is 4.77. The number of anilines is 1. The SMILES string of the molecule is COc1ccc(Cl)cc1NC(=O)[C@H](C)n1nc(C)ccc1=O. The summed E-state index contributed by atoms with van der Waals surface area (Å²) in [5, 5.41) is 7.25. The van der Waals surface area contributed by atoms with Crippen molar-refractivity contribution in [2.24, 2.45) is 0 Å². The van der Waals surface area contributed by atoms with Crippen molar-refractivity contribution in [3.8, 4) is 5.75 Å². The number of aromatic nitrogens is 2. The topological polar surface area (TPSA) is 73.2 Å². The maximum Gasteiger partial charge on any atom is 0.267 e. The van der Waals surface area contributed by atoms with Gasteiger partial charge in [-0.2, -0.15) is 5.10 Å². The molecule has 0 saturated carbocycles. The fourth-order valence-corrected chi connectivity index (χ4v) is 2.10. The lowest BCUT2D eigenvalue weighted by molar-refractivity contribution is -0.119. The molecule has 7 heteroatoms. The number of nitrogens with one attached hydrogen (secondary N) is 1. The minimum absolute atomic E-state index is 0.341. The predicted molar refractivity (Wildman–Crippen MR) is 84.6 cm³/mol. The van der Waals surface area contributed by atoms with Gasteiger partial charge in [0.2, 0.25) is 5.91 Å². The number of rotatable bonds is 4. The number of carbonyl (C=O) groups excluding carboxylic acids is 1. The lowest BCUT2D eigenvalue weighted by Crippen LogP contribution is -2.33. The molecule has 1 aromatic heterocycles. The summed E-state index contributed by atoms with van der Waals surface area (Å²) in [7, 11) is 1.49. The van der Waals surface area contributed by atoms with Crippen LogP contribution in [0.2, 0.25) is 5.02 Å². The molecule has 22 heavy (non-hydrogen) atoms. The molecule has 0 fully saturated rings. The molecule has 0 spiro atoms. The van der Waals surface area contributed by atoms with Gasteiger partial charge in [0.15, 0.2) is 0 Å². The molecule has 0 unspecified atom stereocenters. The molecular formula is C15H16ClN3O3. The molecule has 116 valence electrons. The monoisotopic (exact) mass is 321 g/mol. The summed E-state index contributed by atoms with van der Waals surface area (Å²) in [6.45, 7) is 3.35. The lowest BCUT2D eigenvalue weighted by atomic mass is 10.2. The fourth-order valence-electron chi connectivity index (χ4n) is 1.92. The first-order valence-corrected chi connectivity index (χ1v) is 7.01. The molecule has 1 aromatic carbocycles. The van der Waals surface area contributed by atoms with E-state index in [4.69, 9.17) is 16.3 Å². The molecule has 0 saturated heterocycles. The highest BCUT2D eigenvalue weighted by molar-refractivity contribution is 6.31. The number of nitrogens with zero attached hydrogens (tertiary/aromatic N) is 2. The Balaban J connectivity index is 2.27. The Morgan fingerprint density at radius 3 is 2.77 bits per heavy atom. The summed E-state index contributed by atoms with van der Waals surface area (Å²) in [6, 6.07) is 7.11. The number of halogens is 1. The van der Waals surface area contributed by atoms with Crippen LogP contribution in [0.5, 0.6) is 5.75 Å². The number of carbonyl (C=O) groups is 1. The van der Waals surface area contributed by atoms with E-state index in [1.54, 1.807) is 38.1 Å². The summed E-state index contributed by atoms with van der Waals surface area (Å²) in [5.74, 6) is 0.0928. The number of benzene rings is 1. The van der Waals surface area contributed by atoms with Gasteiger partial charge in [0, 0.05) is 11.1 Å². The number of ether oxygens (including phenoxy) is 1. The van der Waals surface area contributed by atoms with Gasteiger partial charge in [-0.1, -0.05) is 11.6 Å². The van der Waals surface area contributed by atoms with E-state index in [9.17, 15) is 9.59 Å². The second-order valence-corrected chi connectivity index (χ2v) is 5.20. The second kappa shape index (κ2) is 6.62. The van der Waals surface area contributed by atoms with Gasteiger partial charge in [-0.3, -0.25) is 9.59 Å². The van der Waals surface area contributed by atoms with E-state index in [2.05, 4.69) is 10.4 Å². The summed E-state index contributed by atoms with van der Waals surface area (Å²) >= 11 is 5.93. The number of hydrogen-bond donors (Lipinski definition) is 1. The minimum atomic E-state index is -0.768. The van der Waals surface area contributed by atoms with Crippen LogP contribution in [0.25, 0.3) is 0 Å². The Kier molecular flexibility index (Phi) is 4.82. The molecule has 0 aliphatic rings. The van der Waals surface area contributed by atoms with E-state index >= 15 is 0 Å². The van der Waals surface area contributed by atoms with Gasteiger partial charge in [0.05, 0.1) is 18.5 Å². The van der Waals surface area contributed by atoms with Crippen molar-refractivity contribution in [2.75, 3.05) is 12.4 Å². The van der Waals surface area contributed by atoms with Crippen molar-refractivity contribution in [1.82, 2.24) is 9.78 Å². The summed E-state index contributed by atoms with van der Waals surface area (Å²) in [4.78, 5) is 24.2. The van der Waals surface area contributed by atoms with Crippen molar-refractivity contribution in [3.63, 3.8) is 0 Å². The highest BCUT2D eigenvalue weighted by Gasteiger charge is 2.19. The minimum Gasteiger partial charge on any atom is -0.495 e. The Hall–Kier alpha value is -2.34. The highest BCUT2D eigenvalue weighted by atomic mass is 35.5. The van der Waals surface area contributed by atoms with Gasteiger partial charge in [-0.25, -0.2) is 4.68 Å². The van der Waals surface area contributed by atoms with Crippen molar-refractivity contribution in [2.45, 2.75) is 19.9 Å². The first-order chi connectivity index (χ1) is 10.4. The molecule has 0 radical (unpaired) electrons. The van der Waals surface area contributed by atoms with Crippen LogP contribution >= 0.6 is 11.6 Å². The van der Waals surface area contributed by atoms with Gasteiger partial charge in [0.1, 0.15) is 11.8 Å². The van der Waals surface area contributed by atoms with Crippen LogP contribution in [0.15, 0.2) is 35.1 Å². The molecule has 2 aromatic rings. The van der Waals surface area contributed by atoms with E-state index in [0.717, 1.165) is 4.68 Å². The number of hydrogen-bond acceptors (Lipinski definition) is 4. The predicted octanol–water partition coefficient (Wildman–Crippen LogP) is 2.41. The van der Waals surface area contributed by atoms with E-state index < -0.39 is 6.04 Å².